The van der Waals surface area contributed by atoms with Crippen LogP contribution in [0.25, 0.3) is 10.9 Å². The van der Waals surface area contributed by atoms with Crippen LogP contribution < -0.4 is 4.74 Å². The number of ether oxygens (including phenoxy) is 1. The summed E-state index contributed by atoms with van der Waals surface area (Å²) in [6.45, 7) is 2.05. The third kappa shape index (κ3) is 2.31. The molecular weight excluding hydrogens is 268 g/mol. The fraction of sp³-hybridized carbons (Fsp3) is 0.250. The van der Waals surface area contributed by atoms with Gasteiger partial charge in [-0.15, -0.1) is 0 Å². The van der Waals surface area contributed by atoms with E-state index in [1.54, 1.807) is 14.0 Å². The fourth-order valence-electron chi connectivity index (χ4n) is 2.57. The van der Waals surface area contributed by atoms with Gasteiger partial charge in [0.05, 0.1) is 7.11 Å². The lowest BCUT2D eigenvalue weighted by molar-refractivity contribution is -0.137. The lowest BCUT2D eigenvalue weighted by atomic mass is 10.1. The minimum absolute atomic E-state index is 0.197. The number of rotatable bonds is 4. The van der Waals surface area contributed by atoms with Crippen LogP contribution in [0.3, 0.4) is 0 Å². The zero-order valence-corrected chi connectivity index (χ0v) is 12.0. The Kier molecular flexibility index (Phi) is 3.25. The first-order chi connectivity index (χ1) is 10.1. The Morgan fingerprint density at radius 1 is 1.29 bits per heavy atom. The summed E-state index contributed by atoms with van der Waals surface area (Å²) in [7, 11) is 1.63. The van der Waals surface area contributed by atoms with Crippen molar-refractivity contribution in [2.75, 3.05) is 13.7 Å². The standard InChI is InChI=1S/C16H16N2O3/c1-10-7-15(19)18(16(10)20)6-5-11-9-17-14-4-3-12(21-2)8-13(11)14/h3-4,7-9,17H,5-6H2,1-2H3. The van der Waals surface area contributed by atoms with Gasteiger partial charge in [0.25, 0.3) is 11.8 Å². The van der Waals surface area contributed by atoms with E-state index in [2.05, 4.69) is 4.98 Å². The Morgan fingerprint density at radius 2 is 2.10 bits per heavy atom. The van der Waals surface area contributed by atoms with Gasteiger partial charge in [0.2, 0.25) is 0 Å². The number of aromatic amines is 1. The molecule has 1 aromatic heterocycles. The van der Waals surface area contributed by atoms with Crippen LogP contribution in [0.2, 0.25) is 0 Å². The molecular formula is C16H16N2O3. The van der Waals surface area contributed by atoms with Gasteiger partial charge in [-0.1, -0.05) is 0 Å². The monoisotopic (exact) mass is 284 g/mol. The van der Waals surface area contributed by atoms with Crippen molar-refractivity contribution in [3.63, 3.8) is 0 Å². The Morgan fingerprint density at radius 3 is 2.76 bits per heavy atom. The molecule has 1 aliphatic heterocycles. The second-order valence-corrected chi connectivity index (χ2v) is 5.10. The van der Waals surface area contributed by atoms with E-state index < -0.39 is 0 Å². The summed E-state index contributed by atoms with van der Waals surface area (Å²) >= 11 is 0. The van der Waals surface area contributed by atoms with Crippen LogP contribution in [0.15, 0.2) is 36.0 Å². The number of nitrogens with zero attached hydrogens (tertiary/aromatic N) is 1. The van der Waals surface area contributed by atoms with Crippen molar-refractivity contribution in [1.82, 2.24) is 9.88 Å². The van der Waals surface area contributed by atoms with Gasteiger partial charge in [0.1, 0.15) is 5.75 Å². The summed E-state index contributed by atoms with van der Waals surface area (Å²) in [5.74, 6) is 0.363. The molecule has 0 unspecified atom stereocenters. The largest absolute Gasteiger partial charge is 0.497 e. The minimum atomic E-state index is -0.227. The molecule has 1 N–H and O–H groups in total. The Balaban J connectivity index is 1.80. The van der Waals surface area contributed by atoms with E-state index in [0.29, 0.717) is 18.5 Å². The zero-order valence-electron chi connectivity index (χ0n) is 12.0. The van der Waals surface area contributed by atoms with Crippen molar-refractivity contribution >= 4 is 22.7 Å². The molecule has 0 spiro atoms. The number of carbonyl (C=O) groups excluding carboxylic acids is 2. The van der Waals surface area contributed by atoms with Crippen LogP contribution in [-0.2, 0) is 16.0 Å². The number of hydrogen-bond donors (Lipinski definition) is 1. The maximum atomic E-state index is 11.8. The molecule has 2 amide bonds. The minimum Gasteiger partial charge on any atom is -0.497 e. The molecule has 0 atom stereocenters. The third-order valence-corrected chi connectivity index (χ3v) is 3.77. The molecule has 0 fully saturated rings. The third-order valence-electron chi connectivity index (χ3n) is 3.77. The second-order valence-electron chi connectivity index (χ2n) is 5.10. The van der Waals surface area contributed by atoms with Crippen LogP contribution in [0.4, 0.5) is 0 Å². The molecule has 21 heavy (non-hydrogen) atoms. The van der Waals surface area contributed by atoms with Gasteiger partial charge >= 0.3 is 0 Å². The first-order valence-corrected chi connectivity index (χ1v) is 6.78. The van der Waals surface area contributed by atoms with Crippen molar-refractivity contribution in [3.05, 3.63) is 41.6 Å². The van der Waals surface area contributed by atoms with Crippen LogP contribution in [0.5, 0.6) is 5.75 Å². The highest BCUT2D eigenvalue weighted by molar-refractivity contribution is 6.15. The summed E-state index contributed by atoms with van der Waals surface area (Å²) in [4.78, 5) is 28.0. The smallest absolute Gasteiger partial charge is 0.256 e. The number of nitrogens with one attached hydrogen (secondary N) is 1. The molecule has 1 aliphatic rings. The van der Waals surface area contributed by atoms with Crippen LogP contribution >= 0.6 is 0 Å². The quantitative estimate of drug-likeness (QED) is 0.874. The number of H-pyrrole nitrogens is 1. The van der Waals surface area contributed by atoms with Gasteiger partial charge in [-0.05, 0) is 37.1 Å². The van der Waals surface area contributed by atoms with Crippen molar-refractivity contribution < 1.29 is 14.3 Å². The van der Waals surface area contributed by atoms with Gasteiger partial charge in [-0.2, -0.15) is 0 Å². The summed E-state index contributed by atoms with van der Waals surface area (Å²) in [5.41, 5.74) is 2.58. The van der Waals surface area contributed by atoms with Crippen LogP contribution in [0, 0.1) is 0 Å². The number of aromatic nitrogens is 1. The normalized spacial score (nSPS) is 15.0. The SMILES string of the molecule is COc1ccc2[nH]cc(CCN3C(=O)C=C(C)C3=O)c2c1. The first-order valence-electron chi connectivity index (χ1n) is 6.78. The molecule has 5 heteroatoms. The molecule has 5 nitrogen and oxygen atoms in total. The van der Waals surface area contributed by atoms with Gasteiger partial charge < -0.3 is 9.72 Å². The summed E-state index contributed by atoms with van der Waals surface area (Å²) < 4.78 is 5.23. The van der Waals surface area contributed by atoms with Gasteiger partial charge in [0, 0.05) is 35.3 Å². The van der Waals surface area contributed by atoms with Crippen molar-refractivity contribution in [2.45, 2.75) is 13.3 Å². The lowest BCUT2D eigenvalue weighted by Crippen LogP contribution is -2.32. The summed E-state index contributed by atoms with van der Waals surface area (Å²) in [6, 6.07) is 5.80. The molecule has 0 saturated carbocycles. The Hall–Kier alpha value is -2.56. The second kappa shape index (κ2) is 5.09. The number of amides is 2. The van der Waals surface area contributed by atoms with Crippen molar-refractivity contribution in [2.24, 2.45) is 0 Å². The highest BCUT2D eigenvalue weighted by atomic mass is 16.5. The predicted molar refractivity (Wildman–Crippen MR) is 79.0 cm³/mol. The van der Waals surface area contributed by atoms with Gasteiger partial charge in [0.15, 0.2) is 0 Å². The van der Waals surface area contributed by atoms with E-state index in [1.165, 1.54) is 11.0 Å². The zero-order chi connectivity index (χ0) is 15.0. The van der Waals surface area contributed by atoms with Crippen LogP contribution in [0.1, 0.15) is 12.5 Å². The summed E-state index contributed by atoms with van der Waals surface area (Å²) in [5, 5.41) is 1.05. The number of methoxy groups -OCH3 is 1. The molecule has 0 radical (unpaired) electrons. The molecule has 1 aromatic carbocycles. The molecule has 3 rings (SSSR count). The number of carbonyl (C=O) groups is 2. The van der Waals surface area contributed by atoms with E-state index >= 15 is 0 Å². The maximum absolute atomic E-state index is 11.8. The molecule has 0 bridgehead atoms. The van der Waals surface area contributed by atoms with Gasteiger partial charge in [-0.25, -0.2) is 0 Å². The van der Waals surface area contributed by atoms with E-state index in [-0.39, 0.29) is 11.8 Å². The Labute approximate surface area is 122 Å². The highest BCUT2D eigenvalue weighted by Crippen LogP contribution is 2.24. The van der Waals surface area contributed by atoms with E-state index in [0.717, 1.165) is 22.2 Å². The van der Waals surface area contributed by atoms with Crippen LogP contribution in [-0.4, -0.2) is 35.4 Å². The van der Waals surface area contributed by atoms with Gasteiger partial charge in [-0.3, -0.25) is 14.5 Å². The molecule has 2 aromatic rings. The number of imide groups is 1. The molecule has 0 saturated heterocycles. The topological polar surface area (TPSA) is 62.4 Å². The predicted octanol–water partition coefficient (Wildman–Crippen LogP) is 2.03. The summed E-state index contributed by atoms with van der Waals surface area (Å²) in [6.07, 6.45) is 3.92. The van der Waals surface area contributed by atoms with E-state index in [9.17, 15) is 9.59 Å². The maximum Gasteiger partial charge on any atom is 0.256 e. The first kappa shape index (κ1) is 13.4. The Bertz CT molecular complexity index is 758. The van der Waals surface area contributed by atoms with E-state index in [4.69, 9.17) is 4.74 Å². The molecule has 2 heterocycles. The average molecular weight is 284 g/mol. The lowest BCUT2D eigenvalue weighted by Gasteiger charge is -2.13. The highest BCUT2D eigenvalue weighted by Gasteiger charge is 2.27. The number of fused-ring (bicyclic) bond motifs is 1. The molecule has 0 aliphatic carbocycles. The van der Waals surface area contributed by atoms with Crippen molar-refractivity contribution in [1.29, 1.82) is 0 Å². The van der Waals surface area contributed by atoms with Crippen molar-refractivity contribution in [3.8, 4) is 5.75 Å². The molecule has 108 valence electrons. The average Bonchev–Trinajstić information content (AvgIpc) is 2.99. The number of benzene rings is 1. The number of hydrogen-bond acceptors (Lipinski definition) is 3. The van der Waals surface area contributed by atoms with E-state index in [1.807, 2.05) is 24.4 Å². The fourth-order valence-corrected chi connectivity index (χ4v) is 2.57.